The Hall–Kier alpha value is -2.25. The first-order valence-corrected chi connectivity index (χ1v) is 9.92. The number of thiazole rings is 1. The Kier molecular flexibility index (Phi) is 3.79. The second-order valence-electron chi connectivity index (χ2n) is 7.19. The van der Waals surface area contributed by atoms with Gasteiger partial charge in [-0.05, 0) is 50.9 Å². The molecule has 3 aromatic heterocycles. The molecule has 0 N–H and O–H groups in total. The summed E-state index contributed by atoms with van der Waals surface area (Å²) in [5.74, 6) is 2.06. The number of benzene rings is 1. The number of nitrogens with zero attached hydrogens (tertiary/aromatic N) is 5. The van der Waals surface area contributed by atoms with E-state index in [-0.39, 0.29) is 0 Å². The Labute approximate surface area is 155 Å². The van der Waals surface area contributed by atoms with E-state index in [4.69, 9.17) is 9.40 Å². The van der Waals surface area contributed by atoms with Crippen LogP contribution >= 0.6 is 11.3 Å². The van der Waals surface area contributed by atoms with Gasteiger partial charge < -0.3 is 4.42 Å². The third kappa shape index (κ3) is 2.62. The van der Waals surface area contributed by atoms with Crippen LogP contribution in [0.1, 0.15) is 31.4 Å². The third-order valence-electron chi connectivity index (χ3n) is 5.23. The molecule has 0 aliphatic carbocycles. The maximum atomic E-state index is 6.04. The summed E-state index contributed by atoms with van der Waals surface area (Å²) in [5, 5.41) is 8.64. The van der Waals surface area contributed by atoms with Crippen molar-refractivity contribution < 1.29 is 4.42 Å². The van der Waals surface area contributed by atoms with Gasteiger partial charge in [0.15, 0.2) is 4.96 Å². The van der Waals surface area contributed by atoms with E-state index in [1.165, 1.54) is 17.5 Å². The smallest absolute Gasteiger partial charge is 0.266 e. The number of hydrogen-bond donors (Lipinski definition) is 0. The summed E-state index contributed by atoms with van der Waals surface area (Å²) < 4.78 is 9.39. The molecule has 0 radical (unpaired) electrons. The fourth-order valence-electron chi connectivity index (χ4n) is 3.70. The Morgan fingerprint density at radius 1 is 1.19 bits per heavy atom. The highest BCUT2D eigenvalue weighted by Crippen LogP contribution is 2.33. The lowest BCUT2D eigenvalue weighted by Crippen LogP contribution is -2.32. The summed E-state index contributed by atoms with van der Waals surface area (Å²) in [6.07, 6.45) is 2.48. The molecule has 134 valence electrons. The van der Waals surface area contributed by atoms with E-state index in [1.54, 1.807) is 11.3 Å². The van der Waals surface area contributed by atoms with Crippen molar-refractivity contribution in [2.75, 3.05) is 13.1 Å². The SMILES string of the molecule is Cc1nc2sc3ccccc3n2c1-c1nnc(CN2CCC(C)CC2)o1. The fraction of sp³-hybridized carbons (Fsp3) is 0.421. The molecular formula is C19H21N5OS. The van der Waals surface area contributed by atoms with Crippen LogP contribution in [-0.4, -0.2) is 37.6 Å². The van der Waals surface area contributed by atoms with Crippen LogP contribution in [-0.2, 0) is 6.54 Å². The fourth-order valence-corrected chi connectivity index (χ4v) is 4.77. The van der Waals surface area contributed by atoms with Gasteiger partial charge in [-0.15, -0.1) is 10.2 Å². The lowest BCUT2D eigenvalue weighted by Gasteiger charge is -2.28. The Bertz CT molecular complexity index is 1070. The quantitative estimate of drug-likeness (QED) is 0.545. The molecule has 1 saturated heterocycles. The van der Waals surface area contributed by atoms with Gasteiger partial charge in [-0.3, -0.25) is 9.30 Å². The van der Waals surface area contributed by atoms with Crippen LogP contribution in [0.2, 0.25) is 0 Å². The summed E-state index contributed by atoms with van der Waals surface area (Å²) in [6, 6.07) is 8.32. The zero-order valence-electron chi connectivity index (χ0n) is 15.0. The van der Waals surface area contributed by atoms with E-state index in [9.17, 15) is 0 Å². The van der Waals surface area contributed by atoms with E-state index in [1.807, 2.05) is 13.0 Å². The topological polar surface area (TPSA) is 59.5 Å². The number of rotatable bonds is 3. The Balaban J connectivity index is 1.50. The predicted molar refractivity (Wildman–Crippen MR) is 102 cm³/mol. The summed E-state index contributed by atoms with van der Waals surface area (Å²) in [6.45, 7) is 7.25. The van der Waals surface area contributed by atoms with Crippen LogP contribution in [0, 0.1) is 12.8 Å². The van der Waals surface area contributed by atoms with Crippen molar-refractivity contribution in [3.63, 3.8) is 0 Å². The largest absolute Gasteiger partial charge is 0.418 e. The minimum absolute atomic E-state index is 0.555. The van der Waals surface area contributed by atoms with E-state index < -0.39 is 0 Å². The van der Waals surface area contributed by atoms with Crippen LogP contribution in [0.5, 0.6) is 0 Å². The number of fused-ring (bicyclic) bond motifs is 3. The van der Waals surface area contributed by atoms with Crippen molar-refractivity contribution in [2.45, 2.75) is 33.2 Å². The van der Waals surface area contributed by atoms with Crippen molar-refractivity contribution in [2.24, 2.45) is 5.92 Å². The Morgan fingerprint density at radius 2 is 2.00 bits per heavy atom. The number of aromatic nitrogens is 4. The number of aryl methyl sites for hydroxylation is 1. The van der Waals surface area contributed by atoms with Crippen molar-refractivity contribution in [1.29, 1.82) is 0 Å². The van der Waals surface area contributed by atoms with Gasteiger partial charge in [-0.25, -0.2) is 4.98 Å². The maximum Gasteiger partial charge on any atom is 0.266 e. The van der Waals surface area contributed by atoms with Gasteiger partial charge in [-0.1, -0.05) is 30.4 Å². The average molecular weight is 367 g/mol. The van der Waals surface area contributed by atoms with Gasteiger partial charge in [0, 0.05) is 0 Å². The first-order chi connectivity index (χ1) is 12.7. The molecule has 4 aromatic rings. The predicted octanol–water partition coefficient (Wildman–Crippen LogP) is 4.14. The molecule has 0 unspecified atom stereocenters. The molecule has 26 heavy (non-hydrogen) atoms. The number of likely N-dealkylation sites (tertiary alicyclic amines) is 1. The van der Waals surface area contributed by atoms with Crippen molar-refractivity contribution >= 4 is 26.5 Å². The standard InChI is InChI=1S/C19H21N5OS/c1-12-7-9-23(10-8-12)11-16-21-22-18(25-16)17-13(2)20-19-24(17)14-5-3-4-6-15(14)26-19/h3-6,12H,7-11H2,1-2H3. The van der Waals surface area contributed by atoms with E-state index >= 15 is 0 Å². The van der Waals surface area contributed by atoms with Crippen LogP contribution in [0.3, 0.4) is 0 Å². The molecule has 1 aliphatic heterocycles. The highest BCUT2D eigenvalue weighted by molar-refractivity contribution is 7.23. The van der Waals surface area contributed by atoms with Gasteiger partial charge in [0.25, 0.3) is 5.89 Å². The average Bonchev–Trinajstić information content (AvgIpc) is 3.30. The second-order valence-corrected chi connectivity index (χ2v) is 8.20. The van der Waals surface area contributed by atoms with Crippen LogP contribution in [0.4, 0.5) is 0 Å². The van der Waals surface area contributed by atoms with Gasteiger partial charge in [0.05, 0.1) is 22.5 Å². The number of imidazole rings is 1. The van der Waals surface area contributed by atoms with Crippen molar-refractivity contribution in [1.82, 2.24) is 24.5 Å². The maximum absolute atomic E-state index is 6.04. The number of para-hydroxylation sites is 1. The number of hydrogen-bond acceptors (Lipinski definition) is 6. The third-order valence-corrected chi connectivity index (χ3v) is 6.25. The summed E-state index contributed by atoms with van der Waals surface area (Å²) in [7, 11) is 0. The van der Waals surface area contributed by atoms with Gasteiger partial charge in [-0.2, -0.15) is 0 Å². The van der Waals surface area contributed by atoms with Gasteiger partial charge in [0.2, 0.25) is 5.89 Å². The molecule has 0 atom stereocenters. The normalized spacial score (nSPS) is 16.8. The monoisotopic (exact) mass is 367 g/mol. The highest BCUT2D eigenvalue weighted by atomic mass is 32.1. The van der Waals surface area contributed by atoms with Gasteiger partial charge >= 0.3 is 0 Å². The first kappa shape index (κ1) is 16.0. The van der Waals surface area contributed by atoms with Crippen LogP contribution in [0.25, 0.3) is 26.8 Å². The van der Waals surface area contributed by atoms with Crippen molar-refractivity contribution in [3.8, 4) is 11.6 Å². The zero-order chi connectivity index (χ0) is 17.7. The van der Waals surface area contributed by atoms with Crippen LogP contribution < -0.4 is 0 Å². The van der Waals surface area contributed by atoms with E-state index in [0.717, 1.165) is 47.4 Å². The molecule has 4 heterocycles. The molecule has 5 rings (SSSR count). The molecule has 6 nitrogen and oxygen atoms in total. The summed E-state index contributed by atoms with van der Waals surface area (Å²) >= 11 is 1.68. The molecule has 1 aromatic carbocycles. The molecule has 0 amide bonds. The lowest BCUT2D eigenvalue weighted by molar-refractivity contribution is 0.171. The molecule has 0 bridgehead atoms. The van der Waals surface area contributed by atoms with Gasteiger partial charge in [0.1, 0.15) is 5.69 Å². The minimum atomic E-state index is 0.555. The minimum Gasteiger partial charge on any atom is -0.418 e. The molecule has 7 heteroatoms. The Morgan fingerprint density at radius 3 is 2.85 bits per heavy atom. The molecule has 1 aliphatic rings. The molecule has 1 fully saturated rings. The highest BCUT2D eigenvalue weighted by Gasteiger charge is 2.22. The molecule has 0 saturated carbocycles. The lowest BCUT2D eigenvalue weighted by atomic mass is 9.99. The summed E-state index contributed by atoms with van der Waals surface area (Å²) in [5.41, 5.74) is 2.96. The first-order valence-electron chi connectivity index (χ1n) is 9.11. The zero-order valence-corrected chi connectivity index (χ0v) is 15.8. The number of piperidine rings is 1. The van der Waals surface area contributed by atoms with Crippen LogP contribution in [0.15, 0.2) is 28.7 Å². The molecule has 0 spiro atoms. The summed E-state index contributed by atoms with van der Waals surface area (Å²) in [4.78, 5) is 8.06. The molecular weight excluding hydrogens is 346 g/mol. The van der Waals surface area contributed by atoms with E-state index in [0.29, 0.717) is 11.8 Å². The second kappa shape index (κ2) is 6.17. The van der Waals surface area contributed by atoms with E-state index in [2.05, 4.69) is 44.6 Å². The van der Waals surface area contributed by atoms with Crippen molar-refractivity contribution in [3.05, 3.63) is 35.9 Å².